The highest BCUT2D eigenvalue weighted by Gasteiger charge is 2.26. The third-order valence-corrected chi connectivity index (χ3v) is 6.27. The average Bonchev–Trinajstić information content (AvgIpc) is 2.78. The summed E-state index contributed by atoms with van der Waals surface area (Å²) in [5, 5.41) is 21.3. The van der Waals surface area contributed by atoms with Crippen LogP contribution in [-0.4, -0.2) is 22.4 Å². The van der Waals surface area contributed by atoms with Crippen LogP contribution in [-0.2, 0) is 6.42 Å². The lowest BCUT2D eigenvalue weighted by Gasteiger charge is -2.34. The van der Waals surface area contributed by atoms with Gasteiger partial charge in [-0.25, -0.2) is 0 Å². The van der Waals surface area contributed by atoms with Crippen molar-refractivity contribution >= 4 is 16.6 Å². The molecule has 1 atom stereocenters. The van der Waals surface area contributed by atoms with Crippen molar-refractivity contribution < 1.29 is 5.11 Å². The second-order valence-corrected chi connectivity index (χ2v) is 8.13. The van der Waals surface area contributed by atoms with Crippen LogP contribution in [0.3, 0.4) is 0 Å². The highest BCUT2D eigenvalue weighted by Crippen LogP contribution is 2.39. The Morgan fingerprint density at radius 2 is 1.70 bits per heavy atom. The maximum Gasteiger partial charge on any atom is 0.159 e. The molecule has 1 aromatic heterocycles. The van der Waals surface area contributed by atoms with Crippen LogP contribution in [0.2, 0.25) is 0 Å². The summed E-state index contributed by atoms with van der Waals surface area (Å²) in [7, 11) is 2.13. The van der Waals surface area contributed by atoms with Gasteiger partial charge in [-0.2, -0.15) is 0 Å². The van der Waals surface area contributed by atoms with Crippen molar-refractivity contribution in [1.82, 2.24) is 10.2 Å². The SMILES string of the molecule is Cc1cc(O)ccc1-c1nnc(N(C)C2CCCc3ccccc32)c2ccccc12. The van der Waals surface area contributed by atoms with E-state index in [0.717, 1.165) is 46.3 Å². The number of phenols is 1. The Bertz CT molecular complexity index is 1230. The van der Waals surface area contributed by atoms with Crippen LogP contribution in [0.4, 0.5) is 5.82 Å². The van der Waals surface area contributed by atoms with Gasteiger partial charge in [0.1, 0.15) is 11.4 Å². The number of nitrogens with zero attached hydrogens (tertiary/aromatic N) is 3. The number of benzene rings is 3. The molecule has 0 bridgehead atoms. The number of fused-ring (bicyclic) bond motifs is 2. The molecule has 1 heterocycles. The molecular weight excluding hydrogens is 370 g/mol. The first kappa shape index (κ1) is 18.6. The topological polar surface area (TPSA) is 49.3 Å². The molecule has 0 spiro atoms. The molecule has 0 amide bonds. The van der Waals surface area contributed by atoms with E-state index >= 15 is 0 Å². The number of phenolic OH excluding ortho intramolecular Hbond substituents is 1. The van der Waals surface area contributed by atoms with E-state index in [-0.39, 0.29) is 5.75 Å². The number of hydrogen-bond acceptors (Lipinski definition) is 4. The third-order valence-electron chi connectivity index (χ3n) is 6.27. The molecule has 0 aliphatic heterocycles. The number of aromatic hydroxyl groups is 1. The third kappa shape index (κ3) is 3.09. The maximum absolute atomic E-state index is 9.80. The minimum atomic E-state index is 0.265. The summed E-state index contributed by atoms with van der Waals surface area (Å²) in [4.78, 5) is 2.29. The van der Waals surface area contributed by atoms with Crippen LogP contribution in [0.5, 0.6) is 5.75 Å². The second kappa shape index (κ2) is 7.45. The maximum atomic E-state index is 9.80. The van der Waals surface area contributed by atoms with Gasteiger partial charge < -0.3 is 10.0 Å². The Morgan fingerprint density at radius 1 is 0.933 bits per heavy atom. The average molecular weight is 396 g/mol. The zero-order valence-corrected chi connectivity index (χ0v) is 17.3. The van der Waals surface area contributed by atoms with Gasteiger partial charge in [-0.3, -0.25) is 0 Å². The van der Waals surface area contributed by atoms with E-state index in [9.17, 15) is 5.11 Å². The van der Waals surface area contributed by atoms with Crippen molar-refractivity contribution in [2.45, 2.75) is 32.2 Å². The molecule has 1 aliphatic carbocycles. The normalized spacial score (nSPS) is 15.7. The van der Waals surface area contributed by atoms with Crippen LogP contribution in [0.1, 0.15) is 35.6 Å². The van der Waals surface area contributed by atoms with Crippen LogP contribution >= 0.6 is 0 Å². The molecule has 4 heteroatoms. The zero-order chi connectivity index (χ0) is 20.7. The summed E-state index contributed by atoms with van der Waals surface area (Å²) in [6.07, 6.45) is 3.44. The lowest BCUT2D eigenvalue weighted by Crippen LogP contribution is -2.28. The molecule has 3 aromatic carbocycles. The first-order valence-electron chi connectivity index (χ1n) is 10.5. The van der Waals surface area contributed by atoms with E-state index in [2.05, 4.69) is 59.5 Å². The van der Waals surface area contributed by atoms with Gasteiger partial charge in [0.25, 0.3) is 0 Å². The molecule has 30 heavy (non-hydrogen) atoms. The van der Waals surface area contributed by atoms with Crippen molar-refractivity contribution in [2.24, 2.45) is 0 Å². The predicted molar refractivity (Wildman–Crippen MR) is 122 cm³/mol. The summed E-state index contributed by atoms with van der Waals surface area (Å²) in [5.41, 5.74) is 5.67. The Labute approximate surface area is 176 Å². The Morgan fingerprint density at radius 3 is 2.53 bits per heavy atom. The lowest BCUT2D eigenvalue weighted by molar-refractivity contribution is 0.475. The molecule has 0 radical (unpaired) electrons. The standard InChI is InChI=1S/C26H25N3O/c1-17-16-19(30)14-15-20(17)25-22-11-5-6-12-23(22)26(28-27-25)29(2)24-13-7-9-18-8-3-4-10-21(18)24/h3-6,8,10-12,14-16,24,30H,7,9,13H2,1-2H3. The minimum absolute atomic E-state index is 0.265. The van der Waals surface area contributed by atoms with Crippen molar-refractivity contribution in [2.75, 3.05) is 11.9 Å². The molecule has 4 nitrogen and oxygen atoms in total. The number of aromatic nitrogens is 2. The smallest absolute Gasteiger partial charge is 0.159 e. The van der Waals surface area contributed by atoms with Gasteiger partial charge in [0.05, 0.1) is 6.04 Å². The van der Waals surface area contributed by atoms with E-state index in [4.69, 9.17) is 5.10 Å². The van der Waals surface area contributed by atoms with E-state index in [1.807, 2.05) is 19.1 Å². The second-order valence-electron chi connectivity index (χ2n) is 8.13. The number of anilines is 1. The molecule has 0 saturated carbocycles. The first-order chi connectivity index (χ1) is 14.6. The van der Waals surface area contributed by atoms with E-state index in [1.165, 1.54) is 17.5 Å². The van der Waals surface area contributed by atoms with Crippen molar-refractivity contribution in [3.63, 3.8) is 0 Å². The number of hydrogen-bond donors (Lipinski definition) is 1. The fourth-order valence-corrected chi connectivity index (χ4v) is 4.74. The van der Waals surface area contributed by atoms with E-state index in [0.29, 0.717) is 6.04 Å². The highest BCUT2D eigenvalue weighted by molar-refractivity contribution is 6.00. The van der Waals surface area contributed by atoms with Crippen LogP contribution in [0.15, 0.2) is 66.7 Å². The number of rotatable bonds is 3. The van der Waals surface area contributed by atoms with Crippen molar-refractivity contribution in [1.29, 1.82) is 0 Å². The van der Waals surface area contributed by atoms with Crippen LogP contribution < -0.4 is 4.90 Å². The summed E-state index contributed by atoms with van der Waals surface area (Å²) in [5.74, 6) is 1.17. The van der Waals surface area contributed by atoms with Crippen LogP contribution in [0.25, 0.3) is 22.0 Å². The van der Waals surface area contributed by atoms with Crippen molar-refractivity contribution in [3.05, 3.63) is 83.4 Å². The largest absolute Gasteiger partial charge is 0.508 e. The summed E-state index contributed by atoms with van der Waals surface area (Å²) >= 11 is 0. The molecule has 1 N–H and O–H groups in total. The fraction of sp³-hybridized carbons (Fsp3) is 0.231. The van der Waals surface area contributed by atoms with Gasteiger partial charge >= 0.3 is 0 Å². The first-order valence-corrected chi connectivity index (χ1v) is 10.5. The lowest BCUT2D eigenvalue weighted by atomic mass is 9.87. The monoisotopic (exact) mass is 395 g/mol. The Kier molecular flexibility index (Phi) is 4.62. The molecule has 0 saturated heterocycles. The van der Waals surface area contributed by atoms with E-state index in [1.54, 1.807) is 12.1 Å². The molecular formula is C26H25N3O. The predicted octanol–water partition coefficient (Wildman–Crippen LogP) is 5.82. The quantitative estimate of drug-likeness (QED) is 0.474. The molecule has 1 aliphatic rings. The van der Waals surface area contributed by atoms with Gasteiger partial charge in [-0.15, -0.1) is 10.2 Å². The minimum Gasteiger partial charge on any atom is -0.508 e. The van der Waals surface area contributed by atoms with Crippen LogP contribution in [0, 0.1) is 6.92 Å². The molecule has 4 aromatic rings. The number of aryl methyl sites for hydroxylation is 2. The highest BCUT2D eigenvalue weighted by atomic mass is 16.3. The zero-order valence-electron chi connectivity index (χ0n) is 17.3. The molecule has 1 unspecified atom stereocenters. The molecule has 150 valence electrons. The summed E-state index contributed by atoms with van der Waals surface area (Å²) < 4.78 is 0. The van der Waals surface area contributed by atoms with Gasteiger partial charge in [0.15, 0.2) is 5.82 Å². The Balaban J connectivity index is 1.64. The van der Waals surface area contributed by atoms with Gasteiger partial charge in [-0.05, 0) is 61.1 Å². The molecule has 0 fully saturated rings. The Hall–Kier alpha value is -3.40. The summed E-state index contributed by atoms with van der Waals surface area (Å²) in [6.45, 7) is 1.99. The fourth-order valence-electron chi connectivity index (χ4n) is 4.74. The summed E-state index contributed by atoms with van der Waals surface area (Å²) in [6, 6.07) is 22.8. The van der Waals surface area contributed by atoms with Crippen molar-refractivity contribution in [3.8, 4) is 17.0 Å². The molecule has 5 rings (SSSR count). The van der Waals surface area contributed by atoms with Gasteiger partial charge in [0, 0.05) is 23.4 Å². The van der Waals surface area contributed by atoms with Gasteiger partial charge in [0.2, 0.25) is 0 Å². The van der Waals surface area contributed by atoms with E-state index < -0.39 is 0 Å². The van der Waals surface area contributed by atoms with Gasteiger partial charge in [-0.1, -0.05) is 48.5 Å².